The number of nitrogen functional groups attached to an aromatic ring is 1. The first-order valence-corrected chi connectivity index (χ1v) is 7.21. The molecule has 0 amide bonds. The predicted molar refractivity (Wildman–Crippen MR) is 69.9 cm³/mol. The molecule has 1 aliphatic heterocycles. The number of rotatable bonds is 2. The molecule has 1 saturated heterocycles. The first-order valence-electron chi connectivity index (χ1n) is 5.67. The zero-order chi connectivity index (χ0) is 13.3. The Kier molecular flexibility index (Phi) is 3.47. The lowest BCUT2D eigenvalue weighted by molar-refractivity contribution is 0.0530. The lowest BCUT2D eigenvalue weighted by Gasteiger charge is -2.33. The number of anilines is 2. The van der Waals surface area contributed by atoms with Crippen LogP contribution in [-0.4, -0.2) is 34.2 Å². The van der Waals surface area contributed by atoms with E-state index in [0.717, 1.165) is 0 Å². The predicted octanol–water partition coefficient (Wildman–Crippen LogP) is 0.141. The average molecular weight is 271 g/mol. The van der Waals surface area contributed by atoms with E-state index >= 15 is 0 Å². The number of sulfonamides is 1. The summed E-state index contributed by atoms with van der Waals surface area (Å²) in [4.78, 5) is 2.02. The number of hydrogen-bond acceptors (Lipinski definition) is 5. The average Bonchev–Trinajstić information content (AvgIpc) is 2.27. The van der Waals surface area contributed by atoms with E-state index in [2.05, 4.69) is 0 Å². The normalized spacial score (nSPS) is 21.0. The molecule has 6 nitrogen and oxygen atoms in total. The van der Waals surface area contributed by atoms with Crippen LogP contribution in [-0.2, 0) is 14.8 Å². The standard InChI is InChI=1S/C11H17N3O3S/c1-8-7-14(4-5-17-8)10-3-2-9(12)6-11(10)18(13,15)16/h2-3,6,8H,4-5,7,12H2,1H3,(H2,13,15,16). The van der Waals surface area contributed by atoms with Crippen LogP contribution in [0.4, 0.5) is 11.4 Å². The van der Waals surface area contributed by atoms with Crippen molar-refractivity contribution in [1.82, 2.24) is 0 Å². The molecule has 0 bridgehead atoms. The van der Waals surface area contributed by atoms with Crippen molar-refractivity contribution in [3.8, 4) is 0 Å². The number of ether oxygens (including phenoxy) is 1. The molecule has 1 heterocycles. The van der Waals surface area contributed by atoms with Crippen LogP contribution in [0, 0.1) is 0 Å². The van der Waals surface area contributed by atoms with E-state index in [1.807, 2.05) is 11.8 Å². The van der Waals surface area contributed by atoms with Gasteiger partial charge in [0.2, 0.25) is 10.0 Å². The fourth-order valence-corrected chi connectivity index (χ4v) is 2.85. The number of morpholine rings is 1. The Morgan fingerprint density at radius 2 is 2.17 bits per heavy atom. The third-order valence-corrected chi connectivity index (χ3v) is 3.81. The van der Waals surface area contributed by atoms with Crippen molar-refractivity contribution in [1.29, 1.82) is 0 Å². The van der Waals surface area contributed by atoms with E-state index in [1.54, 1.807) is 12.1 Å². The van der Waals surface area contributed by atoms with Gasteiger partial charge >= 0.3 is 0 Å². The molecule has 1 aromatic rings. The third kappa shape index (κ3) is 2.74. The summed E-state index contributed by atoms with van der Waals surface area (Å²) in [6.45, 7) is 3.78. The summed E-state index contributed by atoms with van der Waals surface area (Å²) in [6.07, 6.45) is 0.0598. The van der Waals surface area contributed by atoms with Crippen molar-refractivity contribution >= 4 is 21.4 Å². The number of benzene rings is 1. The van der Waals surface area contributed by atoms with Crippen LogP contribution in [0.15, 0.2) is 23.1 Å². The quantitative estimate of drug-likeness (QED) is 0.746. The van der Waals surface area contributed by atoms with Crippen molar-refractivity contribution in [2.75, 3.05) is 30.3 Å². The lowest BCUT2D eigenvalue weighted by atomic mass is 10.2. The molecule has 2 rings (SSSR count). The third-order valence-electron chi connectivity index (χ3n) is 2.87. The Bertz CT molecular complexity index is 544. The summed E-state index contributed by atoms with van der Waals surface area (Å²) >= 11 is 0. The van der Waals surface area contributed by atoms with Gasteiger partial charge in [0, 0.05) is 18.8 Å². The molecule has 0 spiro atoms. The molecule has 0 aromatic heterocycles. The van der Waals surface area contributed by atoms with Crippen LogP contribution in [0.25, 0.3) is 0 Å². The minimum absolute atomic E-state index is 0.0598. The second-order valence-electron chi connectivity index (χ2n) is 4.40. The van der Waals surface area contributed by atoms with E-state index in [-0.39, 0.29) is 11.0 Å². The molecule has 0 saturated carbocycles. The van der Waals surface area contributed by atoms with Gasteiger partial charge in [0.25, 0.3) is 0 Å². The van der Waals surface area contributed by atoms with Crippen LogP contribution in [0.5, 0.6) is 0 Å². The summed E-state index contributed by atoms with van der Waals surface area (Å²) in [5.41, 5.74) is 6.58. The van der Waals surface area contributed by atoms with Crippen LogP contribution in [0.1, 0.15) is 6.92 Å². The summed E-state index contributed by atoms with van der Waals surface area (Å²) in [6, 6.07) is 4.75. The molecular weight excluding hydrogens is 254 g/mol. The molecular formula is C11H17N3O3S. The lowest BCUT2D eigenvalue weighted by Crippen LogP contribution is -2.41. The van der Waals surface area contributed by atoms with Gasteiger partial charge in [-0.25, -0.2) is 13.6 Å². The molecule has 1 aliphatic rings. The molecule has 1 aromatic carbocycles. The zero-order valence-corrected chi connectivity index (χ0v) is 11.0. The van der Waals surface area contributed by atoms with Gasteiger partial charge in [-0.2, -0.15) is 0 Å². The van der Waals surface area contributed by atoms with Crippen molar-refractivity contribution in [2.24, 2.45) is 5.14 Å². The zero-order valence-electron chi connectivity index (χ0n) is 10.2. The van der Waals surface area contributed by atoms with Gasteiger partial charge in [-0.05, 0) is 25.1 Å². The molecule has 0 aliphatic carbocycles. The molecule has 1 unspecified atom stereocenters. The highest BCUT2D eigenvalue weighted by molar-refractivity contribution is 7.89. The monoisotopic (exact) mass is 271 g/mol. The molecule has 100 valence electrons. The minimum Gasteiger partial charge on any atom is -0.399 e. The Hall–Kier alpha value is -1.31. The largest absolute Gasteiger partial charge is 0.399 e. The van der Waals surface area contributed by atoms with Gasteiger partial charge in [0.1, 0.15) is 4.90 Å². The number of hydrogen-bond donors (Lipinski definition) is 2. The Morgan fingerprint density at radius 3 is 2.78 bits per heavy atom. The van der Waals surface area contributed by atoms with Crippen molar-refractivity contribution in [3.63, 3.8) is 0 Å². The number of nitrogens with two attached hydrogens (primary N) is 2. The van der Waals surface area contributed by atoms with Gasteiger partial charge in [-0.1, -0.05) is 0 Å². The maximum atomic E-state index is 11.6. The van der Waals surface area contributed by atoms with E-state index in [1.165, 1.54) is 6.07 Å². The molecule has 7 heteroatoms. The highest BCUT2D eigenvalue weighted by Gasteiger charge is 2.23. The van der Waals surface area contributed by atoms with E-state index in [0.29, 0.717) is 31.1 Å². The molecule has 1 fully saturated rings. The van der Waals surface area contributed by atoms with Gasteiger partial charge in [-0.3, -0.25) is 0 Å². The van der Waals surface area contributed by atoms with Crippen molar-refractivity contribution in [3.05, 3.63) is 18.2 Å². The second kappa shape index (κ2) is 4.75. The number of nitrogens with zero attached hydrogens (tertiary/aromatic N) is 1. The van der Waals surface area contributed by atoms with Gasteiger partial charge < -0.3 is 15.4 Å². The molecule has 1 atom stereocenters. The van der Waals surface area contributed by atoms with Crippen LogP contribution >= 0.6 is 0 Å². The highest BCUT2D eigenvalue weighted by atomic mass is 32.2. The van der Waals surface area contributed by atoms with E-state index < -0.39 is 10.0 Å². The van der Waals surface area contributed by atoms with Gasteiger partial charge in [0.05, 0.1) is 18.4 Å². The van der Waals surface area contributed by atoms with Crippen molar-refractivity contribution < 1.29 is 13.2 Å². The maximum absolute atomic E-state index is 11.6. The fraction of sp³-hybridized carbons (Fsp3) is 0.455. The minimum atomic E-state index is -3.79. The summed E-state index contributed by atoms with van der Waals surface area (Å²) in [5.74, 6) is 0. The fourth-order valence-electron chi connectivity index (χ4n) is 2.06. The Labute approximate surface area is 107 Å². The summed E-state index contributed by atoms with van der Waals surface area (Å²) in [5, 5.41) is 5.23. The van der Waals surface area contributed by atoms with Gasteiger partial charge in [-0.15, -0.1) is 0 Å². The van der Waals surface area contributed by atoms with Crippen LogP contribution < -0.4 is 15.8 Å². The van der Waals surface area contributed by atoms with Crippen molar-refractivity contribution in [2.45, 2.75) is 17.9 Å². The van der Waals surface area contributed by atoms with Crippen LogP contribution in [0.3, 0.4) is 0 Å². The molecule has 0 radical (unpaired) electrons. The Balaban J connectivity index is 2.44. The van der Waals surface area contributed by atoms with E-state index in [9.17, 15) is 8.42 Å². The second-order valence-corrected chi connectivity index (χ2v) is 5.93. The summed E-state index contributed by atoms with van der Waals surface area (Å²) in [7, 11) is -3.79. The Morgan fingerprint density at radius 1 is 1.44 bits per heavy atom. The van der Waals surface area contributed by atoms with Gasteiger partial charge in [0.15, 0.2) is 0 Å². The molecule has 18 heavy (non-hydrogen) atoms. The smallest absolute Gasteiger partial charge is 0.240 e. The van der Waals surface area contributed by atoms with E-state index in [4.69, 9.17) is 15.6 Å². The first kappa shape index (κ1) is 13.1. The first-order chi connectivity index (χ1) is 8.38. The number of primary sulfonamides is 1. The highest BCUT2D eigenvalue weighted by Crippen LogP contribution is 2.27. The summed E-state index contributed by atoms with van der Waals surface area (Å²) < 4.78 is 28.6. The topological polar surface area (TPSA) is 98.6 Å². The van der Waals surface area contributed by atoms with Crippen LogP contribution in [0.2, 0.25) is 0 Å². The molecule has 4 N–H and O–H groups in total. The SMILES string of the molecule is CC1CN(c2ccc(N)cc2S(N)(=O)=O)CCO1. The maximum Gasteiger partial charge on any atom is 0.240 e.